The minimum absolute atomic E-state index is 0.139. The molecule has 0 radical (unpaired) electrons. The van der Waals surface area contributed by atoms with Crippen LogP contribution in [0.5, 0.6) is 5.75 Å². The van der Waals surface area contributed by atoms with Crippen LogP contribution in [0.15, 0.2) is 42.5 Å². The molecule has 0 unspecified atom stereocenters. The zero-order chi connectivity index (χ0) is 21.7. The normalized spacial score (nSPS) is 14.3. The number of aryl methyl sites for hydroxylation is 1. The van der Waals surface area contributed by atoms with E-state index >= 15 is 0 Å². The molecule has 1 aliphatic heterocycles. The van der Waals surface area contributed by atoms with Crippen LogP contribution in [0.4, 0.5) is 33.3 Å². The number of rotatable bonds is 4. The number of pyridine rings is 1. The molecule has 0 N–H and O–H groups in total. The van der Waals surface area contributed by atoms with E-state index in [2.05, 4.69) is 9.88 Å². The van der Waals surface area contributed by atoms with E-state index in [0.717, 1.165) is 22.5 Å². The number of fused-ring (bicyclic) bond motifs is 3. The Balaban J connectivity index is 1.80. The van der Waals surface area contributed by atoms with E-state index in [1.807, 2.05) is 31.2 Å². The molecule has 0 aliphatic carbocycles. The molecule has 0 saturated heterocycles. The van der Waals surface area contributed by atoms with Gasteiger partial charge in [0.15, 0.2) is 6.61 Å². The Morgan fingerprint density at radius 3 is 2.50 bits per heavy atom. The first-order chi connectivity index (χ1) is 14.1. The van der Waals surface area contributed by atoms with Gasteiger partial charge in [0.2, 0.25) is 0 Å². The van der Waals surface area contributed by atoms with Gasteiger partial charge in [0.25, 0.3) is 0 Å². The SMILES string of the molecule is Cc1ccccc1N1CCc2c(Cl)nc3c(OCC(F)(F)C(F)(F)F)cccc3c21. The maximum Gasteiger partial charge on any atom is 0.456 e. The number of ether oxygens (including phenoxy) is 1. The van der Waals surface area contributed by atoms with Crippen molar-refractivity contribution in [3.05, 3.63) is 58.7 Å². The van der Waals surface area contributed by atoms with Gasteiger partial charge in [-0.1, -0.05) is 41.9 Å². The fraction of sp³-hybridized carbons (Fsp3) is 0.286. The molecule has 1 aromatic heterocycles. The Kier molecular flexibility index (Phi) is 5.00. The van der Waals surface area contributed by atoms with Crippen molar-refractivity contribution >= 4 is 33.9 Å². The van der Waals surface area contributed by atoms with E-state index in [-0.39, 0.29) is 16.4 Å². The van der Waals surface area contributed by atoms with Crippen LogP contribution in [0.3, 0.4) is 0 Å². The third-order valence-corrected chi connectivity index (χ3v) is 5.40. The topological polar surface area (TPSA) is 25.4 Å². The molecule has 0 fully saturated rings. The number of nitrogens with zero attached hydrogens (tertiary/aromatic N) is 2. The van der Waals surface area contributed by atoms with Gasteiger partial charge in [0.1, 0.15) is 16.4 Å². The number of halogens is 6. The smallest absolute Gasteiger partial charge is 0.456 e. The van der Waals surface area contributed by atoms with Gasteiger partial charge in [-0.2, -0.15) is 22.0 Å². The maximum atomic E-state index is 13.3. The number of anilines is 2. The van der Waals surface area contributed by atoms with Gasteiger partial charge < -0.3 is 9.64 Å². The molecule has 1 aliphatic rings. The van der Waals surface area contributed by atoms with E-state index in [9.17, 15) is 22.0 Å². The second kappa shape index (κ2) is 7.27. The number of para-hydroxylation sites is 2. The summed E-state index contributed by atoms with van der Waals surface area (Å²) in [5, 5.41) is 0.746. The van der Waals surface area contributed by atoms with Crippen LogP contribution in [0.25, 0.3) is 10.9 Å². The van der Waals surface area contributed by atoms with Gasteiger partial charge in [-0.05, 0) is 31.0 Å². The van der Waals surface area contributed by atoms with E-state index < -0.39 is 18.7 Å². The van der Waals surface area contributed by atoms with E-state index in [0.29, 0.717) is 18.4 Å². The van der Waals surface area contributed by atoms with Crippen molar-refractivity contribution in [1.29, 1.82) is 0 Å². The number of hydrogen-bond acceptors (Lipinski definition) is 3. The predicted octanol–water partition coefficient (Wildman–Crippen LogP) is 6.47. The van der Waals surface area contributed by atoms with Crippen molar-refractivity contribution in [2.24, 2.45) is 0 Å². The zero-order valence-electron chi connectivity index (χ0n) is 15.7. The predicted molar refractivity (Wildman–Crippen MR) is 105 cm³/mol. The lowest BCUT2D eigenvalue weighted by atomic mass is 10.1. The van der Waals surface area contributed by atoms with E-state index in [4.69, 9.17) is 16.3 Å². The summed E-state index contributed by atoms with van der Waals surface area (Å²) in [5.74, 6) is -5.17. The molecular formula is C21H16ClF5N2O. The first kappa shape index (κ1) is 20.7. The highest BCUT2D eigenvalue weighted by Crippen LogP contribution is 2.45. The Bertz CT molecular complexity index is 1120. The Morgan fingerprint density at radius 2 is 1.80 bits per heavy atom. The molecule has 2 aromatic carbocycles. The summed E-state index contributed by atoms with van der Waals surface area (Å²) < 4.78 is 69.0. The Hall–Kier alpha value is -2.61. The molecule has 4 rings (SSSR count). The van der Waals surface area contributed by atoms with Crippen LogP contribution in [0.1, 0.15) is 11.1 Å². The fourth-order valence-electron chi connectivity index (χ4n) is 3.59. The summed E-state index contributed by atoms with van der Waals surface area (Å²) in [4.78, 5) is 6.30. The van der Waals surface area contributed by atoms with Gasteiger partial charge in [0.05, 0.1) is 5.69 Å². The number of aromatic nitrogens is 1. The van der Waals surface area contributed by atoms with E-state index in [1.54, 1.807) is 6.07 Å². The average Bonchev–Trinajstić information content (AvgIpc) is 3.12. The number of alkyl halides is 5. The van der Waals surface area contributed by atoms with E-state index in [1.165, 1.54) is 12.1 Å². The summed E-state index contributed by atoms with van der Waals surface area (Å²) in [6.45, 7) is 0.761. The van der Waals surface area contributed by atoms with Gasteiger partial charge in [0, 0.05) is 23.2 Å². The molecule has 3 nitrogen and oxygen atoms in total. The molecule has 9 heteroatoms. The van der Waals surface area contributed by atoms with Gasteiger partial charge >= 0.3 is 12.1 Å². The highest BCUT2D eigenvalue weighted by molar-refractivity contribution is 6.31. The fourth-order valence-corrected chi connectivity index (χ4v) is 3.86. The van der Waals surface area contributed by atoms with Crippen molar-refractivity contribution in [3.63, 3.8) is 0 Å². The van der Waals surface area contributed by atoms with Crippen LogP contribution in [0, 0.1) is 6.92 Å². The number of benzene rings is 2. The molecule has 3 aromatic rings. The highest BCUT2D eigenvalue weighted by Gasteiger charge is 2.58. The van der Waals surface area contributed by atoms with Crippen LogP contribution in [0.2, 0.25) is 5.15 Å². The van der Waals surface area contributed by atoms with Gasteiger partial charge in [-0.25, -0.2) is 4.98 Å². The Labute approximate surface area is 174 Å². The maximum absolute atomic E-state index is 13.3. The quantitative estimate of drug-likeness (QED) is 0.342. The lowest BCUT2D eigenvalue weighted by Crippen LogP contribution is -2.41. The molecule has 2 heterocycles. The molecule has 0 amide bonds. The zero-order valence-corrected chi connectivity index (χ0v) is 16.5. The second-order valence-electron chi connectivity index (χ2n) is 7.06. The first-order valence-corrected chi connectivity index (χ1v) is 9.49. The molecule has 0 saturated carbocycles. The minimum atomic E-state index is -5.70. The minimum Gasteiger partial charge on any atom is -0.485 e. The summed E-state index contributed by atoms with van der Waals surface area (Å²) in [6.07, 6.45) is -5.08. The third-order valence-electron chi connectivity index (χ3n) is 5.08. The summed E-state index contributed by atoms with van der Waals surface area (Å²) in [5.41, 5.74) is 3.68. The average molecular weight is 443 g/mol. The molecule has 0 bridgehead atoms. The second-order valence-corrected chi connectivity index (χ2v) is 7.42. The lowest BCUT2D eigenvalue weighted by molar-refractivity contribution is -0.289. The van der Waals surface area contributed by atoms with Crippen molar-refractivity contribution in [3.8, 4) is 5.75 Å². The van der Waals surface area contributed by atoms with Crippen LogP contribution in [-0.4, -0.2) is 30.2 Å². The lowest BCUT2D eigenvalue weighted by Gasteiger charge is -2.24. The molecule has 30 heavy (non-hydrogen) atoms. The van der Waals surface area contributed by atoms with Gasteiger partial charge in [-0.3, -0.25) is 0 Å². The van der Waals surface area contributed by atoms with Crippen LogP contribution < -0.4 is 9.64 Å². The van der Waals surface area contributed by atoms with Crippen molar-refractivity contribution in [2.75, 3.05) is 18.1 Å². The first-order valence-electron chi connectivity index (χ1n) is 9.12. The molecule has 0 spiro atoms. The monoisotopic (exact) mass is 442 g/mol. The van der Waals surface area contributed by atoms with Crippen molar-refractivity contribution in [1.82, 2.24) is 4.98 Å². The van der Waals surface area contributed by atoms with Crippen LogP contribution >= 0.6 is 11.6 Å². The summed E-state index contributed by atoms with van der Waals surface area (Å²) in [7, 11) is 0. The van der Waals surface area contributed by atoms with Crippen molar-refractivity contribution in [2.45, 2.75) is 25.4 Å². The van der Waals surface area contributed by atoms with Crippen molar-refractivity contribution < 1.29 is 26.7 Å². The third kappa shape index (κ3) is 3.43. The molecular weight excluding hydrogens is 427 g/mol. The van der Waals surface area contributed by atoms with Gasteiger partial charge in [-0.15, -0.1) is 0 Å². The molecule has 0 atom stereocenters. The largest absolute Gasteiger partial charge is 0.485 e. The molecule has 158 valence electrons. The summed E-state index contributed by atoms with van der Waals surface area (Å²) >= 11 is 6.35. The van der Waals surface area contributed by atoms with Crippen LogP contribution in [-0.2, 0) is 6.42 Å². The summed E-state index contributed by atoms with van der Waals surface area (Å²) in [6, 6.07) is 12.3. The number of hydrogen-bond donors (Lipinski definition) is 0. The highest BCUT2D eigenvalue weighted by atomic mass is 35.5. The standard InChI is InChI=1S/C21H16ClF5N2O/c1-12-5-2-3-7-15(12)29-10-9-14-18(29)13-6-4-8-16(17(13)28-19(14)22)30-11-20(23,24)21(25,26)27/h2-8H,9-11H2,1H3. The Morgan fingerprint density at radius 1 is 1.07 bits per heavy atom.